The summed E-state index contributed by atoms with van der Waals surface area (Å²) in [6, 6.07) is 9.39. The Morgan fingerprint density at radius 3 is 2.42 bits per heavy atom. The predicted octanol–water partition coefficient (Wildman–Crippen LogP) is 3.51. The molecule has 0 bridgehead atoms. The molecule has 3 nitrogen and oxygen atoms in total. The van der Waals surface area contributed by atoms with Crippen molar-refractivity contribution in [3.63, 3.8) is 0 Å². The highest BCUT2D eigenvalue weighted by atomic mass is 19.4. The summed E-state index contributed by atoms with van der Waals surface area (Å²) in [4.78, 5) is 0. The van der Waals surface area contributed by atoms with Gasteiger partial charge in [-0.3, -0.25) is 0 Å². The molecule has 0 unspecified atom stereocenters. The third-order valence-electron chi connectivity index (χ3n) is 3.33. The predicted molar refractivity (Wildman–Crippen MR) is 81.0 cm³/mol. The standard InChI is InChI=1S/C17H17F4NO2/c18-15-6-5-14(17(19,20)21)9-13(15)11-22-10-12-3-1-2-4-16(12)24-8-7-23/h1-6,9,22-23H,7-8,10-11H2. The molecule has 7 heteroatoms. The molecule has 2 aromatic rings. The van der Waals surface area contributed by atoms with Crippen LogP contribution in [0.3, 0.4) is 0 Å². The average Bonchev–Trinajstić information content (AvgIpc) is 2.54. The van der Waals surface area contributed by atoms with Crippen LogP contribution in [0.5, 0.6) is 5.75 Å². The average molecular weight is 343 g/mol. The van der Waals surface area contributed by atoms with Gasteiger partial charge in [0.2, 0.25) is 0 Å². The van der Waals surface area contributed by atoms with Crippen molar-refractivity contribution in [1.29, 1.82) is 0 Å². The van der Waals surface area contributed by atoms with Crippen LogP contribution in [0.15, 0.2) is 42.5 Å². The number of alkyl halides is 3. The van der Waals surface area contributed by atoms with Gasteiger partial charge < -0.3 is 15.2 Å². The van der Waals surface area contributed by atoms with Gasteiger partial charge in [-0.25, -0.2) is 4.39 Å². The monoisotopic (exact) mass is 343 g/mol. The summed E-state index contributed by atoms with van der Waals surface area (Å²) in [6.45, 7) is 0.248. The van der Waals surface area contributed by atoms with Crippen molar-refractivity contribution in [1.82, 2.24) is 5.32 Å². The van der Waals surface area contributed by atoms with Crippen molar-refractivity contribution in [3.05, 3.63) is 65.0 Å². The molecule has 0 aromatic heterocycles. The van der Waals surface area contributed by atoms with Crippen molar-refractivity contribution in [2.45, 2.75) is 19.3 Å². The summed E-state index contributed by atoms with van der Waals surface area (Å²) in [5, 5.41) is 11.7. The Kier molecular flexibility index (Phi) is 6.16. The number of nitrogens with one attached hydrogen (secondary N) is 1. The molecule has 0 aliphatic carbocycles. The summed E-state index contributed by atoms with van der Waals surface area (Å²) in [5.41, 5.74) is -0.177. The number of ether oxygens (including phenoxy) is 1. The maximum absolute atomic E-state index is 13.7. The van der Waals surface area contributed by atoms with Crippen molar-refractivity contribution in [3.8, 4) is 5.75 Å². The zero-order valence-electron chi connectivity index (χ0n) is 12.7. The fourth-order valence-electron chi connectivity index (χ4n) is 2.16. The first-order valence-electron chi connectivity index (χ1n) is 7.29. The number of aliphatic hydroxyl groups excluding tert-OH is 1. The molecule has 2 aromatic carbocycles. The Hall–Kier alpha value is -2.12. The molecule has 0 heterocycles. The molecule has 0 atom stereocenters. The first-order valence-corrected chi connectivity index (χ1v) is 7.29. The highest BCUT2D eigenvalue weighted by Crippen LogP contribution is 2.30. The Labute approximate surface area is 136 Å². The molecule has 0 spiro atoms. The highest BCUT2D eigenvalue weighted by molar-refractivity contribution is 5.33. The van der Waals surface area contributed by atoms with Crippen molar-refractivity contribution < 1.29 is 27.4 Å². The van der Waals surface area contributed by atoms with Gasteiger partial charge in [-0.15, -0.1) is 0 Å². The molecule has 0 saturated heterocycles. The van der Waals surface area contributed by atoms with E-state index in [0.29, 0.717) is 5.75 Å². The number of hydrogen-bond acceptors (Lipinski definition) is 3. The first kappa shape index (κ1) is 18.2. The van der Waals surface area contributed by atoms with Gasteiger partial charge in [0.25, 0.3) is 0 Å². The molecule has 0 amide bonds. The van der Waals surface area contributed by atoms with Crippen molar-refractivity contribution >= 4 is 0 Å². The van der Waals surface area contributed by atoms with E-state index < -0.39 is 17.6 Å². The van der Waals surface area contributed by atoms with Gasteiger partial charge in [0.1, 0.15) is 18.2 Å². The number of aliphatic hydroxyl groups is 1. The lowest BCUT2D eigenvalue weighted by Crippen LogP contribution is -2.16. The number of halogens is 4. The molecule has 130 valence electrons. The van der Waals surface area contributed by atoms with Crippen LogP contribution in [-0.4, -0.2) is 18.3 Å². The van der Waals surface area contributed by atoms with E-state index >= 15 is 0 Å². The molecule has 0 fully saturated rings. The van der Waals surface area contributed by atoms with Crippen LogP contribution in [0.2, 0.25) is 0 Å². The second-order valence-corrected chi connectivity index (χ2v) is 5.09. The SMILES string of the molecule is OCCOc1ccccc1CNCc1cc(C(F)(F)F)ccc1F. The molecule has 2 rings (SSSR count). The smallest absolute Gasteiger partial charge is 0.416 e. The third-order valence-corrected chi connectivity index (χ3v) is 3.33. The van der Waals surface area contributed by atoms with Crippen LogP contribution in [0.1, 0.15) is 16.7 Å². The maximum atomic E-state index is 13.7. The van der Waals surface area contributed by atoms with Gasteiger partial charge >= 0.3 is 6.18 Å². The largest absolute Gasteiger partial charge is 0.491 e. The lowest BCUT2D eigenvalue weighted by molar-refractivity contribution is -0.137. The molecule has 0 radical (unpaired) electrons. The number of para-hydroxylation sites is 1. The summed E-state index contributed by atoms with van der Waals surface area (Å²) in [7, 11) is 0. The quantitative estimate of drug-likeness (QED) is 0.756. The van der Waals surface area contributed by atoms with E-state index in [1.807, 2.05) is 0 Å². The minimum Gasteiger partial charge on any atom is -0.491 e. The maximum Gasteiger partial charge on any atom is 0.416 e. The van der Waals surface area contributed by atoms with E-state index in [0.717, 1.165) is 23.8 Å². The van der Waals surface area contributed by atoms with E-state index in [9.17, 15) is 17.6 Å². The third kappa shape index (κ3) is 4.94. The lowest BCUT2D eigenvalue weighted by Gasteiger charge is -2.13. The van der Waals surface area contributed by atoms with Gasteiger partial charge in [-0.05, 0) is 24.3 Å². The zero-order valence-corrected chi connectivity index (χ0v) is 12.7. The van der Waals surface area contributed by atoms with Gasteiger partial charge in [0, 0.05) is 24.2 Å². The van der Waals surface area contributed by atoms with Gasteiger partial charge in [-0.2, -0.15) is 13.2 Å². The first-order chi connectivity index (χ1) is 11.4. The Morgan fingerprint density at radius 2 is 1.71 bits per heavy atom. The molecule has 0 aliphatic heterocycles. The zero-order chi connectivity index (χ0) is 17.6. The van der Waals surface area contributed by atoms with Gasteiger partial charge in [-0.1, -0.05) is 18.2 Å². The lowest BCUT2D eigenvalue weighted by atomic mass is 10.1. The van der Waals surface area contributed by atoms with E-state index in [4.69, 9.17) is 9.84 Å². The van der Waals surface area contributed by atoms with Crippen molar-refractivity contribution in [2.24, 2.45) is 0 Å². The molecule has 0 saturated carbocycles. The minimum atomic E-state index is -4.51. The fourth-order valence-corrected chi connectivity index (χ4v) is 2.16. The fraction of sp³-hybridized carbons (Fsp3) is 0.294. The van der Waals surface area contributed by atoms with E-state index in [2.05, 4.69) is 5.32 Å². The van der Waals surface area contributed by atoms with Gasteiger partial charge in [0.15, 0.2) is 0 Å². The number of benzene rings is 2. The van der Waals surface area contributed by atoms with Crippen LogP contribution < -0.4 is 10.1 Å². The second-order valence-electron chi connectivity index (χ2n) is 5.09. The normalized spacial score (nSPS) is 11.5. The highest BCUT2D eigenvalue weighted by Gasteiger charge is 2.30. The Bertz CT molecular complexity index is 674. The van der Waals surface area contributed by atoms with Crippen LogP contribution in [0, 0.1) is 5.82 Å². The topological polar surface area (TPSA) is 41.5 Å². The molecule has 24 heavy (non-hydrogen) atoms. The second kappa shape index (κ2) is 8.12. The van der Waals surface area contributed by atoms with Crippen LogP contribution in [0.25, 0.3) is 0 Å². The molecular weight excluding hydrogens is 326 g/mol. The van der Waals surface area contributed by atoms with E-state index in [1.54, 1.807) is 24.3 Å². The van der Waals surface area contributed by atoms with Crippen LogP contribution >= 0.6 is 0 Å². The van der Waals surface area contributed by atoms with Crippen LogP contribution in [-0.2, 0) is 19.3 Å². The molecule has 2 N–H and O–H groups in total. The Morgan fingerprint density at radius 1 is 1.00 bits per heavy atom. The summed E-state index contributed by atoms with van der Waals surface area (Å²) < 4.78 is 57.1. The molecular formula is C17H17F4NO2. The van der Waals surface area contributed by atoms with Gasteiger partial charge in [0.05, 0.1) is 12.2 Å². The van der Waals surface area contributed by atoms with Crippen molar-refractivity contribution in [2.75, 3.05) is 13.2 Å². The van der Waals surface area contributed by atoms with E-state index in [-0.39, 0.29) is 31.9 Å². The van der Waals surface area contributed by atoms with E-state index in [1.165, 1.54) is 0 Å². The minimum absolute atomic E-state index is 0.0515. The Balaban J connectivity index is 2.02. The summed E-state index contributed by atoms with van der Waals surface area (Å²) in [6.07, 6.45) is -4.51. The number of hydrogen-bond donors (Lipinski definition) is 2. The summed E-state index contributed by atoms with van der Waals surface area (Å²) in [5.74, 6) is -0.135. The summed E-state index contributed by atoms with van der Waals surface area (Å²) >= 11 is 0. The molecule has 0 aliphatic rings. The van der Waals surface area contributed by atoms with Crippen LogP contribution in [0.4, 0.5) is 17.6 Å². The number of rotatable bonds is 7.